The number of hydrogen-bond acceptors (Lipinski definition) is 4. The van der Waals surface area contributed by atoms with Crippen molar-refractivity contribution in [3.8, 4) is 11.4 Å². The van der Waals surface area contributed by atoms with E-state index in [1.54, 1.807) is 0 Å². The van der Waals surface area contributed by atoms with Gasteiger partial charge in [-0.1, -0.05) is 51.4 Å². The highest BCUT2D eigenvalue weighted by Crippen LogP contribution is 2.21. The molecule has 21 heavy (non-hydrogen) atoms. The lowest BCUT2D eigenvalue weighted by molar-refractivity contribution is 0.378. The lowest BCUT2D eigenvalue weighted by Crippen LogP contribution is -2.16. The smallest absolute Gasteiger partial charge is 0.246 e. The van der Waals surface area contributed by atoms with Crippen LogP contribution in [0.4, 0.5) is 5.69 Å². The van der Waals surface area contributed by atoms with Crippen molar-refractivity contribution >= 4 is 21.6 Å². The molecule has 0 saturated carbocycles. The maximum Gasteiger partial charge on any atom is 0.246 e. The van der Waals surface area contributed by atoms with Crippen molar-refractivity contribution in [2.24, 2.45) is 0 Å². The highest BCUT2D eigenvalue weighted by atomic mass is 79.9. The van der Waals surface area contributed by atoms with Gasteiger partial charge in [0.2, 0.25) is 11.7 Å². The van der Waals surface area contributed by atoms with Crippen LogP contribution in [-0.4, -0.2) is 17.2 Å². The fourth-order valence-corrected chi connectivity index (χ4v) is 2.44. The maximum absolute atomic E-state index is 5.33. The Morgan fingerprint density at radius 3 is 2.67 bits per heavy atom. The molecule has 5 heteroatoms. The zero-order valence-electron chi connectivity index (χ0n) is 11.5. The summed E-state index contributed by atoms with van der Waals surface area (Å²) in [6, 6.07) is 17.9. The van der Waals surface area contributed by atoms with E-state index in [1.165, 1.54) is 0 Å². The molecule has 0 aliphatic heterocycles. The fourth-order valence-electron chi connectivity index (χ4n) is 2.04. The topological polar surface area (TPSA) is 42.2 Å². The second-order valence-electron chi connectivity index (χ2n) is 4.71. The first kappa shape index (κ1) is 13.8. The molecule has 0 spiro atoms. The van der Waals surface area contributed by atoms with E-state index in [0.717, 1.165) is 15.7 Å². The summed E-state index contributed by atoms with van der Waals surface area (Å²) in [7, 11) is 2.00. The van der Waals surface area contributed by atoms with Crippen molar-refractivity contribution < 1.29 is 4.52 Å². The number of para-hydroxylation sites is 1. The fraction of sp³-hybridized carbons (Fsp3) is 0.125. The van der Waals surface area contributed by atoms with E-state index in [2.05, 4.69) is 31.0 Å². The highest BCUT2D eigenvalue weighted by Gasteiger charge is 2.11. The molecule has 0 amide bonds. The van der Waals surface area contributed by atoms with E-state index in [-0.39, 0.29) is 0 Å². The van der Waals surface area contributed by atoms with Gasteiger partial charge in [0.1, 0.15) is 0 Å². The van der Waals surface area contributed by atoms with Gasteiger partial charge < -0.3 is 9.42 Å². The molecule has 0 unspecified atom stereocenters. The molecule has 0 saturated heterocycles. The first-order valence-electron chi connectivity index (χ1n) is 6.57. The van der Waals surface area contributed by atoms with Crippen LogP contribution < -0.4 is 4.90 Å². The largest absolute Gasteiger partial charge is 0.365 e. The minimum absolute atomic E-state index is 0.574. The van der Waals surface area contributed by atoms with Gasteiger partial charge >= 0.3 is 0 Å². The molecule has 2 aromatic carbocycles. The van der Waals surface area contributed by atoms with Gasteiger partial charge in [-0.3, -0.25) is 0 Å². The Hall–Kier alpha value is -2.14. The number of rotatable bonds is 4. The lowest BCUT2D eigenvalue weighted by atomic mass is 10.2. The summed E-state index contributed by atoms with van der Waals surface area (Å²) in [4.78, 5) is 6.51. The molecule has 3 rings (SSSR count). The van der Waals surface area contributed by atoms with Crippen LogP contribution in [0.15, 0.2) is 63.6 Å². The number of benzene rings is 2. The van der Waals surface area contributed by atoms with E-state index in [0.29, 0.717) is 18.3 Å². The van der Waals surface area contributed by atoms with Crippen molar-refractivity contribution in [3.63, 3.8) is 0 Å². The van der Waals surface area contributed by atoms with Gasteiger partial charge in [-0.2, -0.15) is 4.98 Å². The summed E-state index contributed by atoms with van der Waals surface area (Å²) in [5.74, 6) is 1.20. The summed E-state index contributed by atoms with van der Waals surface area (Å²) < 4.78 is 6.33. The molecule has 0 aliphatic rings. The van der Waals surface area contributed by atoms with Gasteiger partial charge in [0.15, 0.2) is 0 Å². The average molecular weight is 344 g/mol. The third kappa shape index (κ3) is 3.31. The quantitative estimate of drug-likeness (QED) is 0.714. The molecule has 0 fully saturated rings. The van der Waals surface area contributed by atoms with Crippen molar-refractivity contribution in [1.29, 1.82) is 0 Å². The molecular formula is C16H14BrN3O. The number of anilines is 1. The summed E-state index contributed by atoms with van der Waals surface area (Å²) in [6.45, 7) is 0.574. The monoisotopic (exact) mass is 343 g/mol. The summed E-state index contributed by atoms with van der Waals surface area (Å²) >= 11 is 3.44. The Bertz CT molecular complexity index is 727. The number of halogens is 1. The van der Waals surface area contributed by atoms with Crippen LogP contribution >= 0.6 is 15.9 Å². The third-order valence-electron chi connectivity index (χ3n) is 3.12. The van der Waals surface area contributed by atoms with Crippen LogP contribution in [0.25, 0.3) is 11.4 Å². The van der Waals surface area contributed by atoms with Crippen LogP contribution in [0.3, 0.4) is 0 Å². The summed E-state index contributed by atoms with van der Waals surface area (Å²) in [6.07, 6.45) is 0. The van der Waals surface area contributed by atoms with E-state index in [1.807, 2.05) is 61.6 Å². The van der Waals surface area contributed by atoms with E-state index in [4.69, 9.17) is 4.52 Å². The first-order chi connectivity index (χ1) is 10.2. The van der Waals surface area contributed by atoms with Gasteiger partial charge in [-0.15, -0.1) is 0 Å². The SMILES string of the molecule is CN(Cc1nc(-c2cccc(Br)c2)no1)c1ccccc1. The van der Waals surface area contributed by atoms with Crippen LogP contribution in [0, 0.1) is 0 Å². The standard InChI is InChI=1S/C16H14BrN3O/c1-20(14-8-3-2-4-9-14)11-15-18-16(19-21-15)12-6-5-7-13(17)10-12/h2-10H,11H2,1H3. The molecule has 3 aromatic rings. The Kier molecular flexibility index (Phi) is 4.01. The van der Waals surface area contributed by atoms with Gasteiger partial charge in [-0.05, 0) is 24.3 Å². The lowest BCUT2D eigenvalue weighted by Gasteiger charge is -2.16. The Balaban J connectivity index is 1.76. The van der Waals surface area contributed by atoms with Crippen molar-refractivity contribution in [3.05, 3.63) is 65.0 Å². The molecule has 0 aliphatic carbocycles. The zero-order chi connectivity index (χ0) is 14.7. The zero-order valence-corrected chi connectivity index (χ0v) is 13.1. The average Bonchev–Trinajstić information content (AvgIpc) is 2.97. The molecule has 0 bridgehead atoms. The van der Waals surface area contributed by atoms with Crippen LogP contribution in [-0.2, 0) is 6.54 Å². The van der Waals surface area contributed by atoms with Crippen molar-refractivity contribution in [2.45, 2.75) is 6.54 Å². The first-order valence-corrected chi connectivity index (χ1v) is 7.36. The van der Waals surface area contributed by atoms with E-state index < -0.39 is 0 Å². The molecular weight excluding hydrogens is 330 g/mol. The van der Waals surface area contributed by atoms with Crippen molar-refractivity contribution in [2.75, 3.05) is 11.9 Å². The predicted octanol–water partition coefficient (Wildman–Crippen LogP) is 4.14. The third-order valence-corrected chi connectivity index (χ3v) is 3.61. The molecule has 0 radical (unpaired) electrons. The van der Waals surface area contributed by atoms with Crippen LogP contribution in [0.1, 0.15) is 5.89 Å². The predicted molar refractivity (Wildman–Crippen MR) is 86.0 cm³/mol. The maximum atomic E-state index is 5.33. The second-order valence-corrected chi connectivity index (χ2v) is 5.63. The Morgan fingerprint density at radius 2 is 1.90 bits per heavy atom. The molecule has 106 valence electrons. The van der Waals surface area contributed by atoms with Gasteiger partial charge in [0.05, 0.1) is 6.54 Å². The Labute approximate surface area is 131 Å². The van der Waals surface area contributed by atoms with E-state index in [9.17, 15) is 0 Å². The second kappa shape index (κ2) is 6.10. The highest BCUT2D eigenvalue weighted by molar-refractivity contribution is 9.10. The number of nitrogens with zero attached hydrogens (tertiary/aromatic N) is 3. The minimum atomic E-state index is 0.574. The molecule has 1 aromatic heterocycles. The number of aromatic nitrogens is 2. The summed E-state index contributed by atoms with van der Waals surface area (Å²) in [5, 5.41) is 4.04. The normalized spacial score (nSPS) is 10.6. The molecule has 4 nitrogen and oxygen atoms in total. The van der Waals surface area contributed by atoms with Gasteiger partial charge in [-0.25, -0.2) is 0 Å². The minimum Gasteiger partial charge on any atom is -0.365 e. The number of hydrogen-bond donors (Lipinski definition) is 0. The van der Waals surface area contributed by atoms with Crippen LogP contribution in [0.2, 0.25) is 0 Å². The van der Waals surface area contributed by atoms with Crippen molar-refractivity contribution in [1.82, 2.24) is 10.1 Å². The van der Waals surface area contributed by atoms with E-state index >= 15 is 0 Å². The van der Waals surface area contributed by atoms with Gasteiger partial charge in [0.25, 0.3) is 0 Å². The molecule has 1 heterocycles. The van der Waals surface area contributed by atoms with Crippen LogP contribution in [0.5, 0.6) is 0 Å². The van der Waals surface area contributed by atoms with Gasteiger partial charge in [0, 0.05) is 22.8 Å². The Morgan fingerprint density at radius 1 is 1.10 bits per heavy atom. The molecule has 0 N–H and O–H groups in total. The summed E-state index contributed by atoms with van der Waals surface area (Å²) in [5.41, 5.74) is 2.04. The molecule has 0 atom stereocenters.